The highest BCUT2D eigenvalue weighted by Gasteiger charge is 2.65. The van der Waals surface area contributed by atoms with E-state index in [1.807, 2.05) is 0 Å². The molecule has 1 N–H and O–H groups in total. The molecule has 0 aromatic rings. The number of ether oxygens (including phenoxy) is 1. The summed E-state index contributed by atoms with van der Waals surface area (Å²) in [7, 11) is 0. The van der Waals surface area contributed by atoms with Gasteiger partial charge in [-0.3, -0.25) is 0 Å². The topological polar surface area (TPSA) is 29.5 Å². The molecule has 3 saturated carbocycles. The minimum Gasteiger partial charge on any atom is -0.389 e. The molecule has 1 aliphatic heterocycles. The average Bonchev–Trinajstić information content (AvgIpc) is 3.21. The van der Waals surface area contributed by atoms with E-state index in [4.69, 9.17) is 4.74 Å². The summed E-state index contributed by atoms with van der Waals surface area (Å²) in [5.74, 6) is 3.54. The molecule has 0 bridgehead atoms. The lowest BCUT2D eigenvalue weighted by Gasteiger charge is -2.57. The molecule has 134 valence electrons. The number of hydrogen-bond donors (Lipinski definition) is 1. The van der Waals surface area contributed by atoms with E-state index in [2.05, 4.69) is 13.0 Å². The standard InChI is InChI=1S/C22H34O2/c1-2-21-11-8-18-17-7-5-16(23)14-15(17)4-6-19(18)20(21)9-12-22(21)10-3-13-24-22/h14,16-20,23H,2-13H2,1H3/t16?,17?,18?,19?,20-,21?,22?/m0/s1. The van der Waals surface area contributed by atoms with Gasteiger partial charge in [-0.25, -0.2) is 0 Å². The van der Waals surface area contributed by atoms with E-state index in [0.29, 0.717) is 5.41 Å². The lowest BCUT2D eigenvalue weighted by Crippen LogP contribution is -2.53. The van der Waals surface area contributed by atoms with Crippen molar-refractivity contribution in [2.24, 2.45) is 29.1 Å². The van der Waals surface area contributed by atoms with Crippen molar-refractivity contribution in [3.05, 3.63) is 11.6 Å². The Labute approximate surface area is 147 Å². The maximum atomic E-state index is 10.0. The molecule has 0 amide bonds. The fourth-order valence-electron chi connectivity index (χ4n) is 8.27. The molecule has 5 rings (SSSR count). The Kier molecular flexibility index (Phi) is 3.69. The largest absolute Gasteiger partial charge is 0.389 e. The van der Waals surface area contributed by atoms with Crippen LogP contribution >= 0.6 is 0 Å². The average molecular weight is 331 g/mol. The van der Waals surface area contributed by atoms with Crippen molar-refractivity contribution in [1.82, 2.24) is 0 Å². The van der Waals surface area contributed by atoms with Crippen LogP contribution in [0.5, 0.6) is 0 Å². The lowest BCUT2D eigenvalue weighted by molar-refractivity contribution is -0.138. The van der Waals surface area contributed by atoms with E-state index in [-0.39, 0.29) is 11.7 Å². The van der Waals surface area contributed by atoms with Gasteiger partial charge in [0.15, 0.2) is 0 Å². The van der Waals surface area contributed by atoms with Crippen molar-refractivity contribution in [2.45, 2.75) is 89.3 Å². The molecule has 5 aliphatic rings. The molecule has 2 nitrogen and oxygen atoms in total. The van der Waals surface area contributed by atoms with Crippen LogP contribution in [0.2, 0.25) is 0 Å². The van der Waals surface area contributed by atoms with E-state index in [1.165, 1.54) is 64.2 Å². The number of rotatable bonds is 1. The highest BCUT2D eigenvalue weighted by atomic mass is 16.5. The molecule has 24 heavy (non-hydrogen) atoms. The molecule has 4 aliphatic carbocycles. The molecule has 2 heteroatoms. The van der Waals surface area contributed by atoms with Crippen LogP contribution in [0.15, 0.2) is 11.6 Å². The van der Waals surface area contributed by atoms with Crippen molar-refractivity contribution >= 4 is 0 Å². The first-order valence-electron chi connectivity index (χ1n) is 10.7. The second-order valence-electron chi connectivity index (χ2n) is 9.50. The third-order valence-corrected chi connectivity index (χ3v) is 9.14. The summed E-state index contributed by atoms with van der Waals surface area (Å²) in [6, 6.07) is 0. The molecule has 0 aromatic carbocycles. The summed E-state index contributed by atoms with van der Waals surface area (Å²) in [5.41, 5.74) is 2.35. The lowest BCUT2D eigenvalue weighted by atomic mass is 9.49. The van der Waals surface area contributed by atoms with E-state index < -0.39 is 0 Å². The second kappa shape index (κ2) is 5.58. The van der Waals surface area contributed by atoms with Gasteiger partial charge >= 0.3 is 0 Å². The first-order valence-corrected chi connectivity index (χ1v) is 10.7. The third kappa shape index (κ3) is 1.96. The summed E-state index contributed by atoms with van der Waals surface area (Å²) in [5, 5.41) is 10.0. The minimum absolute atomic E-state index is 0.159. The highest BCUT2D eigenvalue weighted by Crippen LogP contribution is 2.68. The molecular weight excluding hydrogens is 296 g/mol. The first kappa shape index (κ1) is 15.9. The molecule has 1 heterocycles. The van der Waals surface area contributed by atoms with Crippen LogP contribution in [0.4, 0.5) is 0 Å². The summed E-state index contributed by atoms with van der Waals surface area (Å²) >= 11 is 0. The summed E-state index contributed by atoms with van der Waals surface area (Å²) in [6.07, 6.45) is 16.4. The number of allylic oxidation sites excluding steroid dienone is 1. The zero-order valence-electron chi connectivity index (χ0n) is 15.3. The Bertz CT molecular complexity index is 532. The molecule has 1 spiro atoms. The maximum Gasteiger partial charge on any atom is 0.0742 e. The van der Waals surface area contributed by atoms with Crippen molar-refractivity contribution in [3.8, 4) is 0 Å². The first-order chi connectivity index (χ1) is 11.7. The van der Waals surface area contributed by atoms with Gasteiger partial charge in [0.1, 0.15) is 0 Å². The zero-order valence-corrected chi connectivity index (χ0v) is 15.3. The number of hydrogen-bond acceptors (Lipinski definition) is 2. The van der Waals surface area contributed by atoms with Gasteiger partial charge in [0.2, 0.25) is 0 Å². The Morgan fingerprint density at radius 3 is 2.79 bits per heavy atom. The second-order valence-corrected chi connectivity index (χ2v) is 9.50. The molecule has 7 atom stereocenters. The fourth-order valence-corrected chi connectivity index (χ4v) is 8.27. The SMILES string of the molecule is CCC12CCC3C4CCC(O)C=C4CCC3[C@@H]1CCC21CCCO1. The summed E-state index contributed by atoms with van der Waals surface area (Å²) in [6.45, 7) is 3.46. The molecule has 0 radical (unpaired) electrons. The highest BCUT2D eigenvalue weighted by molar-refractivity contribution is 5.22. The van der Waals surface area contributed by atoms with E-state index in [0.717, 1.165) is 36.7 Å². The van der Waals surface area contributed by atoms with Crippen LogP contribution in [0.1, 0.15) is 77.6 Å². The molecular formula is C22H34O2. The Hall–Kier alpha value is -0.340. The number of fused-ring (bicyclic) bond motifs is 6. The van der Waals surface area contributed by atoms with Gasteiger partial charge in [-0.1, -0.05) is 18.6 Å². The van der Waals surface area contributed by atoms with E-state index in [9.17, 15) is 5.11 Å². The van der Waals surface area contributed by atoms with Crippen LogP contribution in [0.25, 0.3) is 0 Å². The van der Waals surface area contributed by atoms with E-state index in [1.54, 1.807) is 5.57 Å². The normalized spacial score (nSPS) is 53.4. The van der Waals surface area contributed by atoms with Gasteiger partial charge < -0.3 is 9.84 Å². The van der Waals surface area contributed by atoms with Crippen molar-refractivity contribution in [2.75, 3.05) is 6.61 Å². The van der Waals surface area contributed by atoms with Gasteiger partial charge in [-0.05, 0) is 94.3 Å². The minimum atomic E-state index is -0.159. The van der Waals surface area contributed by atoms with Crippen LogP contribution in [-0.2, 0) is 4.74 Å². The van der Waals surface area contributed by atoms with Gasteiger partial charge in [-0.2, -0.15) is 0 Å². The summed E-state index contributed by atoms with van der Waals surface area (Å²) < 4.78 is 6.52. The van der Waals surface area contributed by atoms with Crippen LogP contribution in [-0.4, -0.2) is 23.4 Å². The van der Waals surface area contributed by atoms with Crippen LogP contribution in [0.3, 0.4) is 0 Å². The molecule has 1 saturated heterocycles. The predicted octanol–water partition coefficient (Wildman–Crippen LogP) is 4.86. The number of aliphatic hydroxyl groups is 1. The van der Waals surface area contributed by atoms with Gasteiger partial charge in [0, 0.05) is 12.0 Å². The van der Waals surface area contributed by atoms with Gasteiger partial charge in [-0.15, -0.1) is 0 Å². The Morgan fingerprint density at radius 2 is 2.00 bits per heavy atom. The molecule has 0 aromatic heterocycles. The quantitative estimate of drug-likeness (QED) is 0.696. The van der Waals surface area contributed by atoms with Crippen molar-refractivity contribution in [1.29, 1.82) is 0 Å². The van der Waals surface area contributed by atoms with Crippen LogP contribution < -0.4 is 0 Å². The number of aliphatic hydroxyl groups excluding tert-OH is 1. The third-order valence-electron chi connectivity index (χ3n) is 9.14. The van der Waals surface area contributed by atoms with Gasteiger partial charge in [0.25, 0.3) is 0 Å². The maximum absolute atomic E-state index is 10.0. The Morgan fingerprint density at radius 1 is 1.08 bits per heavy atom. The molecule has 4 fully saturated rings. The van der Waals surface area contributed by atoms with E-state index >= 15 is 0 Å². The van der Waals surface area contributed by atoms with Crippen molar-refractivity contribution in [3.63, 3.8) is 0 Å². The summed E-state index contributed by atoms with van der Waals surface area (Å²) in [4.78, 5) is 0. The smallest absolute Gasteiger partial charge is 0.0742 e. The fraction of sp³-hybridized carbons (Fsp3) is 0.909. The monoisotopic (exact) mass is 330 g/mol. The molecule has 6 unspecified atom stereocenters. The van der Waals surface area contributed by atoms with Crippen LogP contribution in [0, 0.1) is 29.1 Å². The Balaban J connectivity index is 1.47. The zero-order chi connectivity index (χ0) is 16.4. The van der Waals surface area contributed by atoms with Gasteiger partial charge in [0.05, 0.1) is 11.7 Å². The van der Waals surface area contributed by atoms with Crippen molar-refractivity contribution < 1.29 is 9.84 Å². The predicted molar refractivity (Wildman–Crippen MR) is 95.6 cm³/mol.